The number of amides is 1. The molecule has 5 aromatic rings. The highest BCUT2D eigenvalue weighted by atomic mass is 16.5. The van der Waals surface area contributed by atoms with Gasteiger partial charge in [0, 0.05) is 30.8 Å². The van der Waals surface area contributed by atoms with Crippen LogP contribution in [0.3, 0.4) is 0 Å². The van der Waals surface area contributed by atoms with Gasteiger partial charge in [-0.25, -0.2) is 4.68 Å². The second-order valence-corrected chi connectivity index (χ2v) is 7.94. The minimum absolute atomic E-state index is 0.0298. The van der Waals surface area contributed by atoms with Gasteiger partial charge in [-0.1, -0.05) is 18.2 Å². The van der Waals surface area contributed by atoms with Crippen molar-refractivity contribution in [3.63, 3.8) is 0 Å². The number of nitrogens with zero attached hydrogens (tertiary/aromatic N) is 5. The molecule has 0 aliphatic heterocycles. The van der Waals surface area contributed by atoms with Crippen LogP contribution in [0.4, 0.5) is 5.82 Å². The second kappa shape index (κ2) is 9.34. The summed E-state index contributed by atoms with van der Waals surface area (Å²) in [6.45, 7) is 1.72. The Kier molecular flexibility index (Phi) is 5.91. The Bertz CT molecular complexity index is 1620. The van der Waals surface area contributed by atoms with Crippen molar-refractivity contribution >= 4 is 22.6 Å². The maximum Gasteiger partial charge on any atom is 0.284 e. The first-order chi connectivity index (χ1) is 17.5. The average molecular weight is 483 g/mol. The molecule has 0 radical (unpaired) electrons. The van der Waals surface area contributed by atoms with E-state index in [2.05, 4.69) is 20.5 Å². The molecule has 10 heteroatoms. The number of anilines is 1. The molecule has 0 spiro atoms. The molecule has 3 heterocycles. The number of aromatic nitrogens is 5. The molecule has 1 N–H and O–H groups in total. The summed E-state index contributed by atoms with van der Waals surface area (Å²) < 4.78 is 14.2. The van der Waals surface area contributed by atoms with Gasteiger partial charge in [-0.2, -0.15) is 0 Å². The molecule has 5 rings (SSSR count). The number of benzene rings is 2. The van der Waals surface area contributed by atoms with E-state index < -0.39 is 11.5 Å². The molecule has 0 unspecified atom stereocenters. The van der Waals surface area contributed by atoms with E-state index in [4.69, 9.17) is 9.47 Å². The molecule has 0 bridgehead atoms. The molecule has 0 fully saturated rings. The molecule has 0 aliphatic rings. The molecule has 0 aliphatic carbocycles. The monoisotopic (exact) mass is 482 g/mol. The van der Waals surface area contributed by atoms with Gasteiger partial charge in [-0.15, -0.1) is 10.2 Å². The molecule has 2 aromatic carbocycles. The Balaban J connectivity index is 1.36. The lowest BCUT2D eigenvalue weighted by molar-refractivity contribution is 0.102. The highest BCUT2D eigenvalue weighted by molar-refractivity contribution is 6.04. The van der Waals surface area contributed by atoms with Gasteiger partial charge >= 0.3 is 0 Å². The Labute approximate surface area is 205 Å². The Morgan fingerprint density at radius 3 is 2.53 bits per heavy atom. The van der Waals surface area contributed by atoms with Crippen molar-refractivity contribution < 1.29 is 14.3 Å². The van der Waals surface area contributed by atoms with E-state index in [-0.39, 0.29) is 17.3 Å². The fraction of sp³-hybridized carbons (Fsp3) is 0.115. The molecular weight excluding hydrogens is 460 g/mol. The number of pyridine rings is 1. The van der Waals surface area contributed by atoms with Crippen LogP contribution >= 0.6 is 0 Å². The molecule has 10 nitrogen and oxygen atoms in total. The normalized spacial score (nSPS) is 10.9. The fourth-order valence-electron chi connectivity index (χ4n) is 3.88. The first kappa shape index (κ1) is 22.8. The van der Waals surface area contributed by atoms with Gasteiger partial charge in [0.15, 0.2) is 5.82 Å². The van der Waals surface area contributed by atoms with Crippen LogP contribution in [0.15, 0.2) is 77.7 Å². The molecule has 0 saturated carbocycles. The van der Waals surface area contributed by atoms with E-state index in [1.807, 2.05) is 36.4 Å². The fourth-order valence-corrected chi connectivity index (χ4v) is 3.88. The zero-order valence-electron chi connectivity index (χ0n) is 19.8. The molecule has 36 heavy (non-hydrogen) atoms. The van der Waals surface area contributed by atoms with E-state index >= 15 is 0 Å². The summed E-state index contributed by atoms with van der Waals surface area (Å²) in [6, 6.07) is 19.5. The van der Waals surface area contributed by atoms with Gasteiger partial charge in [0.05, 0.1) is 24.0 Å². The summed E-state index contributed by atoms with van der Waals surface area (Å²) in [6.07, 6.45) is 1.63. The van der Waals surface area contributed by atoms with Crippen LogP contribution in [-0.2, 0) is 7.05 Å². The third-order valence-corrected chi connectivity index (χ3v) is 5.79. The van der Waals surface area contributed by atoms with E-state index in [0.29, 0.717) is 28.4 Å². The number of hydrogen-bond acceptors (Lipinski definition) is 7. The van der Waals surface area contributed by atoms with Crippen molar-refractivity contribution in [2.45, 2.75) is 6.92 Å². The quantitative estimate of drug-likeness (QED) is 0.391. The van der Waals surface area contributed by atoms with Crippen LogP contribution in [0.2, 0.25) is 0 Å². The third kappa shape index (κ3) is 4.16. The number of ether oxygens (including phenoxy) is 2. The third-order valence-electron chi connectivity index (χ3n) is 5.79. The molecule has 1 amide bonds. The van der Waals surface area contributed by atoms with E-state index in [9.17, 15) is 9.59 Å². The van der Waals surface area contributed by atoms with Crippen molar-refractivity contribution in [2.75, 3.05) is 12.4 Å². The van der Waals surface area contributed by atoms with Gasteiger partial charge in [0.1, 0.15) is 17.1 Å². The van der Waals surface area contributed by atoms with Gasteiger partial charge in [-0.05, 0) is 43.3 Å². The van der Waals surface area contributed by atoms with Gasteiger partial charge in [0.25, 0.3) is 11.5 Å². The van der Waals surface area contributed by atoms with Gasteiger partial charge < -0.3 is 14.8 Å². The smallest absolute Gasteiger partial charge is 0.284 e. The zero-order chi connectivity index (χ0) is 25.2. The van der Waals surface area contributed by atoms with Crippen molar-refractivity contribution in [1.82, 2.24) is 24.5 Å². The number of methoxy groups -OCH3 is 1. The molecule has 0 saturated heterocycles. The number of fused-ring (bicyclic) bond motifs is 1. The van der Waals surface area contributed by atoms with Crippen LogP contribution in [0, 0.1) is 6.92 Å². The minimum Gasteiger partial charge on any atom is -0.497 e. The summed E-state index contributed by atoms with van der Waals surface area (Å²) in [5, 5.41) is 11.5. The SMILES string of the molecule is COc1ccc2c(Oc3ccc(NC(=O)c4c(C)n(C)n(-c5ccccc5)c4=O)nn3)ccnc2c1. The summed E-state index contributed by atoms with van der Waals surface area (Å²) in [5.74, 6) is 1.09. The van der Waals surface area contributed by atoms with Crippen LogP contribution in [0.25, 0.3) is 16.6 Å². The number of para-hydroxylation sites is 1. The first-order valence-corrected chi connectivity index (χ1v) is 11.1. The number of rotatable bonds is 6. The number of carbonyl (C=O) groups excluding carboxylic acids is 1. The van der Waals surface area contributed by atoms with Gasteiger partial charge in [0.2, 0.25) is 5.88 Å². The lowest BCUT2D eigenvalue weighted by Crippen LogP contribution is -2.25. The predicted octanol–water partition coefficient (Wildman–Crippen LogP) is 3.88. The van der Waals surface area contributed by atoms with Crippen molar-refractivity contribution in [3.8, 4) is 23.1 Å². The Hall–Kier alpha value is -4.99. The highest BCUT2D eigenvalue weighted by Crippen LogP contribution is 2.30. The second-order valence-electron chi connectivity index (χ2n) is 7.94. The van der Waals surface area contributed by atoms with Crippen molar-refractivity contribution in [1.29, 1.82) is 0 Å². The summed E-state index contributed by atoms with van der Waals surface area (Å²) in [5.41, 5.74) is 1.50. The van der Waals surface area contributed by atoms with E-state index in [0.717, 1.165) is 5.39 Å². The molecule has 3 aromatic heterocycles. The van der Waals surface area contributed by atoms with Crippen LogP contribution in [0.1, 0.15) is 16.1 Å². The largest absolute Gasteiger partial charge is 0.497 e. The van der Waals surface area contributed by atoms with Crippen molar-refractivity contribution in [2.24, 2.45) is 7.05 Å². The number of nitrogens with one attached hydrogen (secondary N) is 1. The summed E-state index contributed by atoms with van der Waals surface area (Å²) in [4.78, 5) is 30.4. The molecule has 180 valence electrons. The van der Waals surface area contributed by atoms with Crippen LogP contribution in [-0.4, -0.2) is 37.6 Å². The van der Waals surface area contributed by atoms with Crippen LogP contribution in [0.5, 0.6) is 17.4 Å². The lowest BCUT2D eigenvalue weighted by atomic mass is 10.2. The zero-order valence-corrected chi connectivity index (χ0v) is 19.8. The molecule has 0 atom stereocenters. The van der Waals surface area contributed by atoms with Crippen LogP contribution < -0.4 is 20.3 Å². The number of hydrogen-bond donors (Lipinski definition) is 1. The predicted molar refractivity (Wildman–Crippen MR) is 134 cm³/mol. The number of carbonyl (C=O) groups is 1. The summed E-state index contributed by atoms with van der Waals surface area (Å²) in [7, 11) is 3.32. The Morgan fingerprint density at radius 2 is 1.81 bits per heavy atom. The maximum absolute atomic E-state index is 13.1. The van der Waals surface area contributed by atoms with E-state index in [1.54, 1.807) is 62.3 Å². The topological polar surface area (TPSA) is 113 Å². The standard InChI is InChI=1S/C26H22N6O4/c1-16-24(26(34)32(31(16)2)17-7-5-4-6-8-17)25(33)28-22-11-12-23(30-29-22)36-21-13-14-27-20-15-18(35-3)9-10-19(20)21/h4-15H,1-3H3,(H,28,29,33). The van der Waals surface area contributed by atoms with Gasteiger partial charge in [-0.3, -0.25) is 19.3 Å². The minimum atomic E-state index is -0.570. The Morgan fingerprint density at radius 1 is 1.00 bits per heavy atom. The maximum atomic E-state index is 13.1. The first-order valence-electron chi connectivity index (χ1n) is 11.1. The summed E-state index contributed by atoms with van der Waals surface area (Å²) >= 11 is 0. The van der Waals surface area contributed by atoms with E-state index in [1.165, 1.54) is 4.68 Å². The average Bonchev–Trinajstić information content (AvgIpc) is 3.13. The molecular formula is C26H22N6O4. The lowest BCUT2D eigenvalue weighted by Gasteiger charge is -2.09. The van der Waals surface area contributed by atoms with Crippen molar-refractivity contribution in [3.05, 3.63) is 94.5 Å². The highest BCUT2D eigenvalue weighted by Gasteiger charge is 2.22.